The fraction of sp³-hybridized carbons (Fsp3) is 0.0526. The number of amides is 3. The molecule has 0 aromatic heterocycles. The van der Waals surface area contributed by atoms with Crippen molar-refractivity contribution >= 4 is 44.1 Å². The van der Waals surface area contributed by atoms with Gasteiger partial charge >= 0.3 is 6.03 Å². The van der Waals surface area contributed by atoms with Crippen molar-refractivity contribution in [1.29, 1.82) is 0 Å². The second-order valence-electron chi connectivity index (χ2n) is 6.13. The number of sulfonamides is 1. The molecule has 9 heteroatoms. The molecule has 2 N–H and O–H groups in total. The summed E-state index contributed by atoms with van der Waals surface area (Å²) in [5.74, 6) is -1.50. The van der Waals surface area contributed by atoms with E-state index in [1.165, 1.54) is 24.3 Å². The van der Waals surface area contributed by atoms with Crippen LogP contribution in [0.5, 0.6) is 0 Å². The maximum absolute atomic E-state index is 13.6. The van der Waals surface area contributed by atoms with Gasteiger partial charge in [0, 0.05) is 5.39 Å². The lowest BCUT2D eigenvalue weighted by atomic mass is 10.1. The summed E-state index contributed by atoms with van der Waals surface area (Å²) in [6.07, 6.45) is 0. The minimum atomic E-state index is -3.91. The number of nitrogens with zero attached hydrogens (tertiary/aromatic N) is 1. The number of nitrogens with one attached hydrogen (secondary N) is 2. The van der Waals surface area contributed by atoms with Crippen LogP contribution in [0.3, 0.4) is 0 Å². The van der Waals surface area contributed by atoms with Crippen molar-refractivity contribution in [3.05, 3.63) is 66.5 Å². The second-order valence-corrected chi connectivity index (χ2v) is 7.96. The molecule has 0 unspecified atom stereocenters. The van der Waals surface area contributed by atoms with E-state index in [4.69, 9.17) is 0 Å². The normalized spacial score (nSPS) is 14.1. The van der Waals surface area contributed by atoms with E-state index in [9.17, 15) is 22.4 Å². The van der Waals surface area contributed by atoms with Gasteiger partial charge in [-0.05, 0) is 29.7 Å². The molecule has 7 nitrogen and oxygen atoms in total. The van der Waals surface area contributed by atoms with E-state index < -0.39 is 34.3 Å². The van der Waals surface area contributed by atoms with Crippen molar-refractivity contribution in [2.75, 3.05) is 16.2 Å². The van der Waals surface area contributed by atoms with Gasteiger partial charge in [0.15, 0.2) is 0 Å². The molecule has 1 aliphatic rings. The number of carbonyl (C=O) groups is 2. The summed E-state index contributed by atoms with van der Waals surface area (Å²) in [7, 11) is -3.91. The summed E-state index contributed by atoms with van der Waals surface area (Å²) in [5.41, 5.74) is 0.275. The molecular formula is C19H14FN3O4S. The highest BCUT2D eigenvalue weighted by Crippen LogP contribution is 2.41. The van der Waals surface area contributed by atoms with Gasteiger partial charge in [-0.1, -0.05) is 36.4 Å². The molecule has 1 aliphatic heterocycles. The van der Waals surface area contributed by atoms with Crippen LogP contribution in [0.1, 0.15) is 0 Å². The van der Waals surface area contributed by atoms with E-state index in [-0.39, 0.29) is 10.6 Å². The van der Waals surface area contributed by atoms with Gasteiger partial charge in [-0.15, -0.1) is 0 Å². The number of rotatable bonds is 3. The highest BCUT2D eigenvalue weighted by atomic mass is 32.2. The van der Waals surface area contributed by atoms with E-state index >= 15 is 0 Å². The molecule has 3 aromatic carbocycles. The van der Waals surface area contributed by atoms with Crippen LogP contribution in [0.25, 0.3) is 10.8 Å². The molecule has 3 amide bonds. The van der Waals surface area contributed by atoms with Crippen molar-refractivity contribution in [3.8, 4) is 0 Å². The summed E-state index contributed by atoms with van der Waals surface area (Å²) in [6.45, 7) is -0.583. The molecule has 0 radical (unpaired) electrons. The molecule has 142 valence electrons. The number of benzene rings is 3. The van der Waals surface area contributed by atoms with Crippen molar-refractivity contribution in [2.24, 2.45) is 0 Å². The lowest BCUT2D eigenvalue weighted by Crippen LogP contribution is -2.43. The maximum Gasteiger partial charge on any atom is 0.326 e. The van der Waals surface area contributed by atoms with Crippen LogP contribution in [-0.4, -0.2) is 26.9 Å². The highest BCUT2D eigenvalue weighted by Gasteiger charge is 2.36. The Balaban J connectivity index is 1.53. The minimum absolute atomic E-state index is 0.0984. The van der Waals surface area contributed by atoms with Gasteiger partial charge in [0.1, 0.15) is 12.4 Å². The fourth-order valence-corrected chi connectivity index (χ4v) is 4.81. The number of para-hydroxylation sites is 1. The second kappa shape index (κ2) is 6.61. The summed E-state index contributed by atoms with van der Waals surface area (Å²) in [6, 6.07) is 14.5. The average molecular weight is 399 g/mol. The smallest absolute Gasteiger partial charge is 0.305 e. The first-order valence-electron chi connectivity index (χ1n) is 8.28. The standard InChI is InChI=1S/C19H14FN3O4S/c20-13-7-1-2-8-14(13)21-19(25)22-17(24)11-23-15-9-3-5-12-6-4-10-16(18(12)15)28(23,26)27/h1-10H,11H2,(H2,21,22,24,25). The Morgan fingerprint density at radius 1 is 0.964 bits per heavy atom. The lowest BCUT2D eigenvalue weighted by molar-refractivity contribution is -0.118. The van der Waals surface area contributed by atoms with Gasteiger partial charge < -0.3 is 5.32 Å². The van der Waals surface area contributed by atoms with Crippen LogP contribution in [0.15, 0.2) is 65.6 Å². The lowest BCUT2D eigenvalue weighted by Gasteiger charge is -2.18. The van der Waals surface area contributed by atoms with E-state index in [0.717, 1.165) is 15.8 Å². The Kier molecular flexibility index (Phi) is 4.23. The first-order valence-corrected chi connectivity index (χ1v) is 9.72. The monoisotopic (exact) mass is 399 g/mol. The number of halogens is 1. The van der Waals surface area contributed by atoms with Crippen LogP contribution < -0.4 is 14.9 Å². The number of hydrogen-bond acceptors (Lipinski definition) is 4. The molecule has 28 heavy (non-hydrogen) atoms. The predicted molar refractivity (Wildman–Crippen MR) is 102 cm³/mol. The summed E-state index contributed by atoms with van der Waals surface area (Å²) in [5, 5.41) is 5.50. The zero-order valence-corrected chi connectivity index (χ0v) is 15.2. The van der Waals surface area contributed by atoms with Crippen molar-refractivity contribution < 1.29 is 22.4 Å². The van der Waals surface area contributed by atoms with Gasteiger partial charge in [0.2, 0.25) is 5.91 Å². The van der Waals surface area contributed by atoms with E-state index in [1.807, 2.05) is 5.32 Å². The molecule has 0 saturated heterocycles. The first-order chi connectivity index (χ1) is 13.4. The molecule has 0 atom stereocenters. The van der Waals surface area contributed by atoms with Crippen molar-refractivity contribution in [1.82, 2.24) is 5.32 Å². The Hall–Kier alpha value is -3.46. The fourth-order valence-electron chi connectivity index (χ4n) is 3.14. The Morgan fingerprint density at radius 2 is 1.68 bits per heavy atom. The Labute approximate surface area is 159 Å². The minimum Gasteiger partial charge on any atom is -0.305 e. The van der Waals surface area contributed by atoms with Crippen LogP contribution >= 0.6 is 0 Å². The number of urea groups is 1. The van der Waals surface area contributed by atoms with Crippen LogP contribution in [0, 0.1) is 5.82 Å². The largest absolute Gasteiger partial charge is 0.326 e. The molecule has 4 rings (SSSR count). The van der Waals surface area contributed by atoms with Crippen molar-refractivity contribution in [2.45, 2.75) is 4.90 Å². The molecule has 0 bridgehead atoms. The molecule has 0 saturated carbocycles. The zero-order chi connectivity index (χ0) is 19.9. The van der Waals surface area contributed by atoms with Gasteiger partial charge in [-0.25, -0.2) is 17.6 Å². The van der Waals surface area contributed by atoms with Gasteiger partial charge in [0.05, 0.1) is 16.3 Å². The number of imide groups is 1. The zero-order valence-electron chi connectivity index (χ0n) is 14.3. The molecule has 0 fully saturated rings. The SMILES string of the molecule is O=C(CN1c2cccc3cccc(c23)S1(=O)=O)NC(=O)Nc1ccccc1F. The van der Waals surface area contributed by atoms with Gasteiger partial charge in [0.25, 0.3) is 10.0 Å². The third-order valence-corrected chi connectivity index (χ3v) is 6.15. The van der Waals surface area contributed by atoms with Crippen molar-refractivity contribution in [3.63, 3.8) is 0 Å². The van der Waals surface area contributed by atoms with Gasteiger partial charge in [-0.3, -0.25) is 14.4 Å². The maximum atomic E-state index is 13.6. The van der Waals surface area contributed by atoms with E-state index in [2.05, 4.69) is 5.32 Å². The number of carbonyl (C=O) groups excluding carboxylic acids is 2. The summed E-state index contributed by atoms with van der Waals surface area (Å²) >= 11 is 0. The van der Waals surface area contributed by atoms with Crippen LogP contribution in [0.4, 0.5) is 20.6 Å². The van der Waals surface area contributed by atoms with Crippen LogP contribution in [-0.2, 0) is 14.8 Å². The predicted octanol–water partition coefficient (Wildman–Crippen LogP) is 2.84. The van der Waals surface area contributed by atoms with Crippen LogP contribution in [0.2, 0.25) is 0 Å². The molecule has 0 spiro atoms. The molecule has 3 aromatic rings. The summed E-state index contributed by atoms with van der Waals surface area (Å²) in [4.78, 5) is 24.3. The van der Waals surface area contributed by atoms with E-state index in [1.54, 1.807) is 30.3 Å². The topological polar surface area (TPSA) is 95.6 Å². The third-order valence-electron chi connectivity index (χ3n) is 4.34. The van der Waals surface area contributed by atoms with E-state index in [0.29, 0.717) is 11.1 Å². The molecular weight excluding hydrogens is 385 g/mol. The Bertz CT molecular complexity index is 1220. The number of hydrogen-bond donors (Lipinski definition) is 2. The highest BCUT2D eigenvalue weighted by molar-refractivity contribution is 7.93. The molecule has 0 aliphatic carbocycles. The quantitative estimate of drug-likeness (QED) is 0.708. The Morgan fingerprint density at radius 3 is 2.43 bits per heavy atom. The molecule has 1 heterocycles. The average Bonchev–Trinajstić information content (AvgIpc) is 2.87. The van der Waals surface area contributed by atoms with Gasteiger partial charge in [-0.2, -0.15) is 0 Å². The summed E-state index contributed by atoms with van der Waals surface area (Å²) < 4.78 is 40.2. The third kappa shape index (κ3) is 2.95. The number of anilines is 2. The first kappa shape index (κ1) is 17.9.